The molecule has 0 radical (unpaired) electrons. The van der Waals surface area contributed by atoms with Crippen LogP contribution in [-0.4, -0.2) is 31.4 Å². The molecule has 0 aliphatic carbocycles. The lowest BCUT2D eigenvalue weighted by atomic mass is 10.1. The highest BCUT2D eigenvalue weighted by molar-refractivity contribution is 5.75. The minimum absolute atomic E-state index is 0.187. The number of nitrogens with zero attached hydrogens (tertiary/aromatic N) is 1. The van der Waals surface area contributed by atoms with Gasteiger partial charge in [-0.1, -0.05) is 6.07 Å². The summed E-state index contributed by atoms with van der Waals surface area (Å²) in [7, 11) is 3.58. The lowest BCUT2D eigenvalue weighted by molar-refractivity contribution is -0.128. The number of anilines is 1. The predicted octanol–water partition coefficient (Wildman–Crippen LogP) is 2.58. The summed E-state index contributed by atoms with van der Waals surface area (Å²) >= 11 is 0. The molecule has 1 N–H and O–H groups in total. The van der Waals surface area contributed by atoms with E-state index in [2.05, 4.69) is 37.4 Å². The summed E-state index contributed by atoms with van der Waals surface area (Å²) in [6, 6.07) is 6.34. The van der Waals surface area contributed by atoms with Gasteiger partial charge in [0.05, 0.1) is 0 Å². The molecule has 17 heavy (non-hydrogen) atoms. The summed E-state index contributed by atoms with van der Waals surface area (Å²) in [5.74, 6) is 0.187. The number of nitrogens with one attached hydrogen (secondary N) is 1. The van der Waals surface area contributed by atoms with Crippen molar-refractivity contribution in [2.45, 2.75) is 26.7 Å². The molecule has 0 unspecified atom stereocenters. The van der Waals surface area contributed by atoms with Crippen LogP contribution in [0.4, 0.5) is 5.69 Å². The van der Waals surface area contributed by atoms with E-state index in [-0.39, 0.29) is 5.91 Å². The summed E-state index contributed by atoms with van der Waals surface area (Å²) < 4.78 is 0. The first-order valence-electron chi connectivity index (χ1n) is 6.02. The summed E-state index contributed by atoms with van der Waals surface area (Å²) in [5.41, 5.74) is 3.73. The van der Waals surface area contributed by atoms with Crippen molar-refractivity contribution in [2.75, 3.05) is 26.0 Å². The average molecular weight is 234 g/mol. The second-order valence-electron chi connectivity index (χ2n) is 4.62. The summed E-state index contributed by atoms with van der Waals surface area (Å²) in [5, 5.41) is 3.34. The highest BCUT2D eigenvalue weighted by atomic mass is 16.2. The zero-order valence-corrected chi connectivity index (χ0v) is 11.2. The van der Waals surface area contributed by atoms with Crippen LogP contribution < -0.4 is 5.32 Å². The number of carbonyl (C=O) groups excluding carboxylic acids is 1. The Kier molecular flexibility index (Phi) is 5.01. The van der Waals surface area contributed by atoms with Gasteiger partial charge in [0.1, 0.15) is 0 Å². The van der Waals surface area contributed by atoms with Crippen molar-refractivity contribution in [3.63, 3.8) is 0 Å². The van der Waals surface area contributed by atoms with Crippen LogP contribution in [0.5, 0.6) is 0 Å². The van der Waals surface area contributed by atoms with Gasteiger partial charge in [0.25, 0.3) is 0 Å². The molecule has 0 aliphatic rings. The van der Waals surface area contributed by atoms with E-state index < -0.39 is 0 Å². The molecule has 0 spiro atoms. The van der Waals surface area contributed by atoms with Crippen molar-refractivity contribution in [1.29, 1.82) is 0 Å². The number of benzene rings is 1. The Morgan fingerprint density at radius 1 is 1.24 bits per heavy atom. The van der Waals surface area contributed by atoms with E-state index in [0.29, 0.717) is 6.42 Å². The van der Waals surface area contributed by atoms with E-state index in [0.717, 1.165) is 18.7 Å². The first kappa shape index (κ1) is 13.6. The van der Waals surface area contributed by atoms with Crippen LogP contribution >= 0.6 is 0 Å². The monoisotopic (exact) mass is 234 g/mol. The van der Waals surface area contributed by atoms with Gasteiger partial charge in [-0.25, -0.2) is 0 Å². The molecule has 0 saturated carbocycles. The van der Waals surface area contributed by atoms with Gasteiger partial charge in [-0.3, -0.25) is 4.79 Å². The van der Waals surface area contributed by atoms with Crippen LogP contribution in [0.25, 0.3) is 0 Å². The second-order valence-corrected chi connectivity index (χ2v) is 4.62. The number of aryl methyl sites for hydroxylation is 2. The molecule has 0 heterocycles. The second kappa shape index (κ2) is 6.28. The molecule has 1 aromatic carbocycles. The van der Waals surface area contributed by atoms with E-state index in [4.69, 9.17) is 0 Å². The normalized spacial score (nSPS) is 10.1. The molecule has 0 fully saturated rings. The minimum atomic E-state index is 0.187. The van der Waals surface area contributed by atoms with Gasteiger partial charge >= 0.3 is 0 Å². The Bertz CT molecular complexity index is 386. The Morgan fingerprint density at radius 2 is 1.94 bits per heavy atom. The van der Waals surface area contributed by atoms with Gasteiger partial charge in [-0.2, -0.15) is 0 Å². The third-order valence-corrected chi connectivity index (χ3v) is 2.90. The maximum atomic E-state index is 11.4. The van der Waals surface area contributed by atoms with Crippen molar-refractivity contribution in [3.8, 4) is 0 Å². The zero-order valence-electron chi connectivity index (χ0n) is 11.2. The van der Waals surface area contributed by atoms with Gasteiger partial charge in [-0.05, 0) is 43.5 Å². The molecular formula is C14H22N2O. The molecule has 3 heteroatoms. The Balaban J connectivity index is 2.31. The smallest absolute Gasteiger partial charge is 0.222 e. The molecule has 0 aliphatic heterocycles. The van der Waals surface area contributed by atoms with Crippen molar-refractivity contribution < 1.29 is 4.79 Å². The molecule has 0 atom stereocenters. The van der Waals surface area contributed by atoms with Gasteiger partial charge in [-0.15, -0.1) is 0 Å². The molecule has 1 rings (SSSR count). The molecule has 1 aromatic rings. The van der Waals surface area contributed by atoms with Gasteiger partial charge in [0.2, 0.25) is 5.91 Å². The summed E-state index contributed by atoms with van der Waals surface area (Å²) in [4.78, 5) is 13.0. The summed E-state index contributed by atoms with van der Waals surface area (Å²) in [6.45, 7) is 5.05. The first-order valence-corrected chi connectivity index (χ1v) is 6.02. The minimum Gasteiger partial charge on any atom is -0.385 e. The van der Waals surface area contributed by atoms with Gasteiger partial charge in [0, 0.05) is 32.7 Å². The van der Waals surface area contributed by atoms with Gasteiger partial charge < -0.3 is 10.2 Å². The van der Waals surface area contributed by atoms with Crippen LogP contribution in [0.1, 0.15) is 24.0 Å². The molecule has 1 amide bonds. The highest BCUT2D eigenvalue weighted by Gasteiger charge is 2.02. The van der Waals surface area contributed by atoms with E-state index >= 15 is 0 Å². The highest BCUT2D eigenvalue weighted by Crippen LogP contribution is 2.14. The number of hydrogen-bond acceptors (Lipinski definition) is 2. The predicted molar refractivity (Wildman–Crippen MR) is 72.3 cm³/mol. The summed E-state index contributed by atoms with van der Waals surface area (Å²) in [6.07, 6.45) is 1.47. The van der Waals surface area contributed by atoms with E-state index in [9.17, 15) is 4.79 Å². The fraction of sp³-hybridized carbons (Fsp3) is 0.500. The maximum absolute atomic E-state index is 11.4. The lowest BCUT2D eigenvalue weighted by Crippen LogP contribution is -2.22. The third kappa shape index (κ3) is 4.47. The average Bonchev–Trinajstić information content (AvgIpc) is 2.28. The largest absolute Gasteiger partial charge is 0.385 e. The molecule has 0 bridgehead atoms. The Morgan fingerprint density at radius 3 is 2.53 bits per heavy atom. The molecule has 3 nitrogen and oxygen atoms in total. The standard InChI is InChI=1S/C14H22N2O/c1-11-7-8-13(10-12(11)2)15-9-5-6-14(17)16(3)4/h7-8,10,15H,5-6,9H2,1-4H3. The fourth-order valence-corrected chi connectivity index (χ4v) is 1.55. The van der Waals surface area contributed by atoms with E-state index in [1.807, 2.05) is 0 Å². The number of carbonyl (C=O) groups is 1. The van der Waals surface area contributed by atoms with Gasteiger partial charge in [0.15, 0.2) is 0 Å². The van der Waals surface area contributed by atoms with Crippen molar-refractivity contribution in [1.82, 2.24) is 4.90 Å². The van der Waals surface area contributed by atoms with Crippen LogP contribution in [0.3, 0.4) is 0 Å². The van der Waals surface area contributed by atoms with Crippen molar-refractivity contribution >= 4 is 11.6 Å². The molecule has 0 aromatic heterocycles. The number of amides is 1. The molecule has 94 valence electrons. The fourth-order valence-electron chi connectivity index (χ4n) is 1.55. The van der Waals surface area contributed by atoms with Crippen LogP contribution in [0.2, 0.25) is 0 Å². The molecule has 0 saturated heterocycles. The maximum Gasteiger partial charge on any atom is 0.222 e. The Labute approximate surface area is 104 Å². The number of hydrogen-bond donors (Lipinski definition) is 1. The third-order valence-electron chi connectivity index (χ3n) is 2.90. The quantitative estimate of drug-likeness (QED) is 0.794. The SMILES string of the molecule is Cc1ccc(NCCCC(=O)N(C)C)cc1C. The van der Waals surface area contributed by atoms with Crippen molar-refractivity contribution in [3.05, 3.63) is 29.3 Å². The van der Waals surface area contributed by atoms with Crippen molar-refractivity contribution in [2.24, 2.45) is 0 Å². The Hall–Kier alpha value is -1.51. The van der Waals surface area contributed by atoms with E-state index in [1.54, 1.807) is 19.0 Å². The number of rotatable bonds is 5. The van der Waals surface area contributed by atoms with Crippen LogP contribution in [0.15, 0.2) is 18.2 Å². The van der Waals surface area contributed by atoms with Crippen LogP contribution in [0, 0.1) is 13.8 Å². The molecular weight excluding hydrogens is 212 g/mol. The van der Waals surface area contributed by atoms with E-state index in [1.165, 1.54) is 11.1 Å². The van der Waals surface area contributed by atoms with Crippen LogP contribution in [-0.2, 0) is 4.79 Å². The first-order chi connectivity index (χ1) is 8.00. The topological polar surface area (TPSA) is 32.3 Å². The lowest BCUT2D eigenvalue weighted by Gasteiger charge is -2.11. The zero-order chi connectivity index (χ0) is 12.8.